The van der Waals surface area contributed by atoms with Crippen LogP contribution in [0.15, 0.2) is 0 Å². The Morgan fingerprint density at radius 1 is 0.882 bits per heavy atom. The number of nitrogens with zero attached hydrogens (tertiary/aromatic N) is 1. The normalized spacial score (nSPS) is 37.2. The van der Waals surface area contributed by atoms with Crippen LogP contribution in [0.25, 0.3) is 0 Å². The molecule has 3 nitrogen and oxygen atoms in total. The van der Waals surface area contributed by atoms with Gasteiger partial charge < -0.3 is 10.2 Å². The number of likely N-dealkylation sites (tertiary alicyclic amines) is 1. The SMILES string of the molecule is O=S1CCC(NC2CCN(C3CC3)CC2)CC1. The molecule has 0 bridgehead atoms. The van der Waals surface area contributed by atoms with Crippen LogP contribution in [0.1, 0.15) is 38.5 Å². The lowest BCUT2D eigenvalue weighted by Gasteiger charge is -2.35. The predicted octanol–water partition coefficient (Wildman–Crippen LogP) is 1.11. The van der Waals surface area contributed by atoms with Crippen LogP contribution in [-0.4, -0.2) is 51.8 Å². The first-order chi connectivity index (χ1) is 8.31. The summed E-state index contributed by atoms with van der Waals surface area (Å²) < 4.78 is 11.3. The molecule has 0 aromatic rings. The maximum absolute atomic E-state index is 11.3. The summed E-state index contributed by atoms with van der Waals surface area (Å²) >= 11 is 0. The van der Waals surface area contributed by atoms with Gasteiger partial charge >= 0.3 is 0 Å². The molecular weight excluding hydrogens is 232 g/mol. The van der Waals surface area contributed by atoms with Crippen molar-refractivity contribution in [3.05, 3.63) is 0 Å². The molecule has 1 saturated carbocycles. The highest BCUT2D eigenvalue weighted by Crippen LogP contribution is 2.29. The Balaban J connectivity index is 1.39. The van der Waals surface area contributed by atoms with Crippen LogP contribution < -0.4 is 5.32 Å². The van der Waals surface area contributed by atoms with Gasteiger partial charge in [0.1, 0.15) is 0 Å². The Bertz CT molecular complexity index is 275. The van der Waals surface area contributed by atoms with Gasteiger partial charge in [-0.05, 0) is 51.6 Å². The van der Waals surface area contributed by atoms with Crippen molar-refractivity contribution >= 4 is 10.8 Å². The van der Waals surface area contributed by atoms with Crippen molar-refractivity contribution < 1.29 is 4.21 Å². The number of hydrogen-bond acceptors (Lipinski definition) is 3. The monoisotopic (exact) mass is 256 g/mol. The van der Waals surface area contributed by atoms with Gasteiger partial charge in [-0.15, -0.1) is 0 Å². The van der Waals surface area contributed by atoms with Gasteiger partial charge in [-0.2, -0.15) is 0 Å². The lowest BCUT2D eigenvalue weighted by Crippen LogP contribution is -2.48. The first-order valence-corrected chi connectivity index (χ1v) is 8.65. The van der Waals surface area contributed by atoms with Crippen molar-refractivity contribution in [2.24, 2.45) is 0 Å². The Morgan fingerprint density at radius 2 is 1.47 bits per heavy atom. The Hall–Kier alpha value is 0.0700. The highest BCUT2D eigenvalue weighted by atomic mass is 32.2. The number of rotatable bonds is 3. The predicted molar refractivity (Wildman–Crippen MR) is 71.7 cm³/mol. The summed E-state index contributed by atoms with van der Waals surface area (Å²) in [6, 6.07) is 2.31. The van der Waals surface area contributed by atoms with E-state index in [4.69, 9.17) is 0 Å². The van der Waals surface area contributed by atoms with Crippen molar-refractivity contribution in [3.63, 3.8) is 0 Å². The second kappa shape index (κ2) is 5.37. The van der Waals surface area contributed by atoms with Gasteiger partial charge in [0.2, 0.25) is 0 Å². The topological polar surface area (TPSA) is 32.3 Å². The second-order valence-corrected chi connectivity index (χ2v) is 7.53. The fourth-order valence-electron chi connectivity index (χ4n) is 3.16. The highest BCUT2D eigenvalue weighted by Gasteiger charge is 2.32. The largest absolute Gasteiger partial charge is 0.311 e. The van der Waals surface area contributed by atoms with Crippen molar-refractivity contribution in [1.29, 1.82) is 0 Å². The van der Waals surface area contributed by atoms with Crippen LogP contribution in [-0.2, 0) is 10.8 Å². The lowest BCUT2D eigenvalue weighted by atomic mass is 10.0. The summed E-state index contributed by atoms with van der Waals surface area (Å²) in [6.45, 7) is 2.59. The molecule has 2 aliphatic heterocycles. The van der Waals surface area contributed by atoms with E-state index in [2.05, 4.69) is 10.2 Å². The van der Waals surface area contributed by atoms with Gasteiger partial charge in [-0.3, -0.25) is 4.21 Å². The summed E-state index contributed by atoms with van der Waals surface area (Å²) in [5.74, 6) is 1.83. The van der Waals surface area contributed by atoms with Gasteiger partial charge in [-0.25, -0.2) is 0 Å². The van der Waals surface area contributed by atoms with Crippen molar-refractivity contribution in [2.75, 3.05) is 24.6 Å². The van der Waals surface area contributed by atoms with Gasteiger partial charge in [0, 0.05) is 40.4 Å². The van der Waals surface area contributed by atoms with Crippen molar-refractivity contribution in [1.82, 2.24) is 10.2 Å². The molecule has 0 aromatic carbocycles. The van der Waals surface area contributed by atoms with Crippen molar-refractivity contribution in [3.8, 4) is 0 Å². The summed E-state index contributed by atoms with van der Waals surface area (Å²) in [5, 5.41) is 3.80. The molecule has 0 amide bonds. The summed E-state index contributed by atoms with van der Waals surface area (Å²) in [4.78, 5) is 2.67. The van der Waals surface area contributed by atoms with E-state index in [9.17, 15) is 4.21 Å². The van der Waals surface area contributed by atoms with E-state index < -0.39 is 10.8 Å². The van der Waals surface area contributed by atoms with Gasteiger partial charge in [0.05, 0.1) is 0 Å². The second-order valence-electron chi connectivity index (χ2n) is 5.83. The minimum Gasteiger partial charge on any atom is -0.311 e. The van der Waals surface area contributed by atoms with E-state index in [1.807, 2.05) is 0 Å². The molecule has 98 valence electrons. The van der Waals surface area contributed by atoms with E-state index >= 15 is 0 Å². The third-order valence-corrected chi connectivity index (χ3v) is 5.83. The smallest absolute Gasteiger partial charge is 0.0249 e. The van der Waals surface area contributed by atoms with Gasteiger partial charge in [0.15, 0.2) is 0 Å². The first kappa shape index (κ1) is 12.1. The van der Waals surface area contributed by atoms with E-state index in [0.717, 1.165) is 36.4 Å². The molecule has 0 radical (unpaired) electrons. The molecule has 2 saturated heterocycles. The van der Waals surface area contributed by atoms with Gasteiger partial charge in [0.25, 0.3) is 0 Å². The van der Waals surface area contributed by atoms with E-state index in [0.29, 0.717) is 6.04 Å². The number of nitrogens with one attached hydrogen (secondary N) is 1. The molecule has 2 heterocycles. The van der Waals surface area contributed by atoms with Crippen LogP contribution in [0.3, 0.4) is 0 Å². The molecule has 0 aromatic heterocycles. The maximum atomic E-state index is 11.3. The van der Waals surface area contributed by atoms with E-state index in [-0.39, 0.29) is 0 Å². The zero-order valence-electron chi connectivity index (χ0n) is 10.6. The minimum atomic E-state index is -0.519. The molecule has 1 aliphatic carbocycles. The molecule has 3 aliphatic rings. The molecule has 0 spiro atoms. The average Bonchev–Trinajstić information content (AvgIpc) is 3.17. The third-order valence-electron chi connectivity index (χ3n) is 4.45. The molecule has 17 heavy (non-hydrogen) atoms. The summed E-state index contributed by atoms with van der Waals surface area (Å²) in [5.41, 5.74) is 0. The van der Waals surface area contributed by atoms with Gasteiger partial charge in [-0.1, -0.05) is 0 Å². The van der Waals surface area contributed by atoms with Crippen LogP contribution in [0.5, 0.6) is 0 Å². The standard InChI is InChI=1S/C13H24N2OS/c16-17-9-5-12(6-10-17)14-11-3-7-15(8-4-11)13-1-2-13/h11-14H,1-10H2. The fourth-order valence-corrected chi connectivity index (χ4v) is 4.46. The number of piperidine rings is 1. The van der Waals surface area contributed by atoms with E-state index in [1.165, 1.54) is 38.8 Å². The molecular formula is C13H24N2OS. The average molecular weight is 256 g/mol. The summed E-state index contributed by atoms with van der Waals surface area (Å²) in [7, 11) is -0.519. The first-order valence-electron chi connectivity index (χ1n) is 7.16. The highest BCUT2D eigenvalue weighted by molar-refractivity contribution is 7.85. The van der Waals surface area contributed by atoms with E-state index in [1.54, 1.807) is 0 Å². The fraction of sp³-hybridized carbons (Fsp3) is 1.00. The Morgan fingerprint density at radius 3 is 2.06 bits per heavy atom. The summed E-state index contributed by atoms with van der Waals surface area (Å²) in [6.07, 6.45) is 7.75. The third kappa shape index (κ3) is 3.30. The molecule has 0 unspecified atom stereocenters. The minimum absolute atomic E-state index is 0.519. The van der Waals surface area contributed by atoms with Crippen LogP contribution in [0, 0.1) is 0 Å². The van der Waals surface area contributed by atoms with Crippen LogP contribution >= 0.6 is 0 Å². The molecule has 3 fully saturated rings. The van der Waals surface area contributed by atoms with Crippen LogP contribution in [0.2, 0.25) is 0 Å². The molecule has 0 atom stereocenters. The van der Waals surface area contributed by atoms with Crippen LogP contribution in [0.4, 0.5) is 0 Å². The Labute approximate surface area is 107 Å². The zero-order chi connectivity index (χ0) is 11.7. The molecule has 4 heteroatoms. The number of hydrogen-bond donors (Lipinski definition) is 1. The zero-order valence-corrected chi connectivity index (χ0v) is 11.4. The Kier molecular flexibility index (Phi) is 3.83. The maximum Gasteiger partial charge on any atom is 0.0249 e. The molecule has 1 N–H and O–H groups in total. The van der Waals surface area contributed by atoms with Crippen molar-refractivity contribution in [2.45, 2.75) is 56.7 Å². The lowest BCUT2D eigenvalue weighted by molar-refractivity contribution is 0.181. The quantitative estimate of drug-likeness (QED) is 0.821. The molecule has 3 rings (SSSR count).